The van der Waals surface area contributed by atoms with Crippen LogP contribution >= 0.6 is 0 Å². The van der Waals surface area contributed by atoms with Crippen molar-refractivity contribution >= 4 is 32.5 Å². The van der Waals surface area contributed by atoms with Gasteiger partial charge in [-0.3, -0.25) is 4.79 Å². The Bertz CT molecular complexity index is 1130. The number of nitrogens with zero attached hydrogens (tertiary/aromatic N) is 1. The van der Waals surface area contributed by atoms with Crippen molar-refractivity contribution in [2.45, 2.75) is 18.7 Å². The van der Waals surface area contributed by atoms with E-state index in [0.717, 1.165) is 21.0 Å². The van der Waals surface area contributed by atoms with E-state index in [1.54, 1.807) is 25.1 Å². The SMILES string of the molecule is CCOc1ccc2cc(C(=O)Nc3ccc(C)c(S(=O)(=O)N(C)C)c3)[nH]c2c1. The van der Waals surface area contributed by atoms with Gasteiger partial charge in [0.05, 0.1) is 11.5 Å². The number of carbonyl (C=O) groups is 1. The van der Waals surface area contributed by atoms with Crippen LogP contribution in [0.25, 0.3) is 10.9 Å². The van der Waals surface area contributed by atoms with E-state index < -0.39 is 10.0 Å². The summed E-state index contributed by atoms with van der Waals surface area (Å²) in [5.74, 6) is 0.368. The predicted octanol–water partition coefficient (Wildman–Crippen LogP) is 3.38. The van der Waals surface area contributed by atoms with Gasteiger partial charge >= 0.3 is 0 Å². The van der Waals surface area contributed by atoms with Crippen molar-refractivity contribution in [2.24, 2.45) is 0 Å². The summed E-state index contributed by atoms with van der Waals surface area (Å²) in [5.41, 5.74) is 2.18. The molecule has 2 N–H and O–H groups in total. The van der Waals surface area contributed by atoms with Crippen LogP contribution in [0.2, 0.25) is 0 Å². The van der Waals surface area contributed by atoms with Gasteiger partial charge < -0.3 is 15.0 Å². The number of H-pyrrole nitrogens is 1. The van der Waals surface area contributed by atoms with E-state index in [4.69, 9.17) is 4.74 Å². The van der Waals surface area contributed by atoms with Crippen LogP contribution in [0.15, 0.2) is 47.4 Å². The fourth-order valence-corrected chi connectivity index (χ4v) is 3.98. The molecule has 0 bridgehead atoms. The molecule has 148 valence electrons. The zero-order chi connectivity index (χ0) is 20.5. The normalized spacial score (nSPS) is 11.8. The van der Waals surface area contributed by atoms with Crippen molar-refractivity contribution in [3.63, 3.8) is 0 Å². The second kappa shape index (κ2) is 7.65. The Labute approximate surface area is 164 Å². The fraction of sp³-hybridized carbons (Fsp3) is 0.250. The average molecular weight is 401 g/mol. The third-order valence-electron chi connectivity index (χ3n) is 4.35. The Hall–Kier alpha value is -2.84. The molecule has 0 aliphatic rings. The summed E-state index contributed by atoms with van der Waals surface area (Å²) in [6.07, 6.45) is 0. The highest BCUT2D eigenvalue weighted by atomic mass is 32.2. The summed E-state index contributed by atoms with van der Waals surface area (Å²) in [6, 6.07) is 12.1. The van der Waals surface area contributed by atoms with Crippen LogP contribution in [0, 0.1) is 6.92 Å². The zero-order valence-electron chi connectivity index (χ0n) is 16.2. The number of amides is 1. The Morgan fingerprint density at radius 3 is 2.57 bits per heavy atom. The maximum Gasteiger partial charge on any atom is 0.272 e. The first-order valence-electron chi connectivity index (χ1n) is 8.82. The van der Waals surface area contributed by atoms with Crippen molar-refractivity contribution in [1.29, 1.82) is 0 Å². The number of hydrogen-bond donors (Lipinski definition) is 2. The van der Waals surface area contributed by atoms with Crippen molar-refractivity contribution < 1.29 is 17.9 Å². The summed E-state index contributed by atoms with van der Waals surface area (Å²) >= 11 is 0. The number of rotatable bonds is 6. The lowest BCUT2D eigenvalue weighted by Crippen LogP contribution is -2.23. The predicted molar refractivity (Wildman–Crippen MR) is 109 cm³/mol. The van der Waals surface area contributed by atoms with E-state index in [2.05, 4.69) is 10.3 Å². The Morgan fingerprint density at radius 1 is 1.14 bits per heavy atom. The van der Waals surface area contributed by atoms with Gasteiger partial charge in [0.2, 0.25) is 10.0 Å². The quantitative estimate of drug-likeness (QED) is 0.662. The van der Waals surface area contributed by atoms with Crippen molar-refractivity contribution in [3.05, 3.63) is 53.7 Å². The van der Waals surface area contributed by atoms with Gasteiger partial charge in [0.1, 0.15) is 11.4 Å². The lowest BCUT2D eigenvalue weighted by molar-refractivity contribution is 0.102. The van der Waals surface area contributed by atoms with E-state index in [1.165, 1.54) is 20.2 Å². The van der Waals surface area contributed by atoms with Gasteiger partial charge in [0.15, 0.2) is 0 Å². The molecule has 0 saturated carbocycles. The number of sulfonamides is 1. The zero-order valence-corrected chi connectivity index (χ0v) is 17.1. The molecule has 0 unspecified atom stereocenters. The molecule has 8 heteroatoms. The Morgan fingerprint density at radius 2 is 1.89 bits per heavy atom. The van der Waals surface area contributed by atoms with Crippen LogP contribution < -0.4 is 10.1 Å². The van der Waals surface area contributed by atoms with E-state index >= 15 is 0 Å². The van der Waals surface area contributed by atoms with Crippen molar-refractivity contribution in [3.8, 4) is 5.75 Å². The monoisotopic (exact) mass is 401 g/mol. The number of aryl methyl sites for hydroxylation is 1. The molecular weight excluding hydrogens is 378 g/mol. The standard InChI is InChI=1S/C20H23N3O4S/c1-5-27-16-9-7-14-10-18(22-17(14)12-16)20(24)21-15-8-6-13(2)19(11-15)28(25,26)23(3)4/h6-12,22H,5H2,1-4H3,(H,21,24). The highest BCUT2D eigenvalue weighted by Gasteiger charge is 2.20. The number of aromatic amines is 1. The molecule has 1 amide bonds. The second-order valence-electron chi connectivity index (χ2n) is 6.59. The maximum absolute atomic E-state index is 12.6. The number of aromatic nitrogens is 1. The molecular formula is C20H23N3O4S. The van der Waals surface area contributed by atoms with Gasteiger partial charge in [0, 0.05) is 36.8 Å². The molecule has 0 radical (unpaired) electrons. The minimum absolute atomic E-state index is 0.160. The topological polar surface area (TPSA) is 91.5 Å². The molecule has 1 aromatic heterocycles. The van der Waals surface area contributed by atoms with E-state index in [-0.39, 0.29) is 10.8 Å². The number of anilines is 1. The Kier molecular flexibility index (Phi) is 5.44. The summed E-state index contributed by atoms with van der Waals surface area (Å²) in [6.45, 7) is 4.19. The van der Waals surface area contributed by atoms with Gasteiger partial charge in [-0.05, 0) is 49.7 Å². The third kappa shape index (κ3) is 3.88. The van der Waals surface area contributed by atoms with Gasteiger partial charge in [-0.2, -0.15) is 0 Å². The number of benzene rings is 2. The molecule has 0 aliphatic carbocycles. The summed E-state index contributed by atoms with van der Waals surface area (Å²) < 4.78 is 31.5. The first kappa shape index (κ1) is 19.9. The number of carbonyl (C=O) groups excluding carboxylic acids is 1. The Balaban J connectivity index is 1.88. The molecule has 0 spiro atoms. The van der Waals surface area contributed by atoms with E-state index in [0.29, 0.717) is 23.6 Å². The lowest BCUT2D eigenvalue weighted by Gasteiger charge is -2.15. The first-order chi connectivity index (χ1) is 13.2. The van der Waals surface area contributed by atoms with Crippen LogP contribution in [0.1, 0.15) is 23.0 Å². The average Bonchev–Trinajstić information content (AvgIpc) is 3.07. The molecule has 1 heterocycles. The van der Waals surface area contributed by atoms with Crippen LogP contribution in [0.5, 0.6) is 5.75 Å². The number of fused-ring (bicyclic) bond motifs is 1. The van der Waals surface area contributed by atoms with Crippen LogP contribution in [0.3, 0.4) is 0 Å². The molecule has 0 aliphatic heterocycles. The maximum atomic E-state index is 12.6. The first-order valence-corrected chi connectivity index (χ1v) is 10.3. The summed E-state index contributed by atoms with van der Waals surface area (Å²) in [7, 11) is -0.654. The number of ether oxygens (including phenoxy) is 1. The number of nitrogens with one attached hydrogen (secondary N) is 2. The van der Waals surface area contributed by atoms with Crippen LogP contribution in [-0.2, 0) is 10.0 Å². The summed E-state index contributed by atoms with van der Waals surface area (Å²) in [4.78, 5) is 15.9. The van der Waals surface area contributed by atoms with E-state index in [1.807, 2.05) is 25.1 Å². The van der Waals surface area contributed by atoms with Crippen LogP contribution in [-0.4, -0.2) is 44.3 Å². The molecule has 7 nitrogen and oxygen atoms in total. The fourth-order valence-electron chi connectivity index (χ4n) is 2.84. The highest BCUT2D eigenvalue weighted by molar-refractivity contribution is 7.89. The van der Waals surface area contributed by atoms with Gasteiger partial charge in [-0.25, -0.2) is 12.7 Å². The largest absolute Gasteiger partial charge is 0.494 e. The minimum atomic E-state index is -3.60. The van der Waals surface area contributed by atoms with Gasteiger partial charge in [-0.1, -0.05) is 6.07 Å². The van der Waals surface area contributed by atoms with Gasteiger partial charge in [0.25, 0.3) is 5.91 Å². The smallest absolute Gasteiger partial charge is 0.272 e. The molecule has 3 aromatic rings. The summed E-state index contributed by atoms with van der Waals surface area (Å²) in [5, 5.41) is 3.64. The molecule has 0 atom stereocenters. The van der Waals surface area contributed by atoms with Gasteiger partial charge in [-0.15, -0.1) is 0 Å². The second-order valence-corrected chi connectivity index (χ2v) is 8.71. The van der Waals surface area contributed by atoms with Crippen molar-refractivity contribution in [2.75, 3.05) is 26.0 Å². The molecule has 28 heavy (non-hydrogen) atoms. The van der Waals surface area contributed by atoms with Crippen molar-refractivity contribution in [1.82, 2.24) is 9.29 Å². The van der Waals surface area contributed by atoms with Crippen LogP contribution in [0.4, 0.5) is 5.69 Å². The molecule has 0 fully saturated rings. The molecule has 2 aromatic carbocycles. The third-order valence-corrected chi connectivity index (χ3v) is 6.31. The minimum Gasteiger partial charge on any atom is -0.494 e. The highest BCUT2D eigenvalue weighted by Crippen LogP contribution is 2.24. The molecule has 3 rings (SSSR count). The number of hydrogen-bond acceptors (Lipinski definition) is 4. The van der Waals surface area contributed by atoms with E-state index in [9.17, 15) is 13.2 Å². The molecule has 0 saturated heterocycles. The lowest BCUT2D eigenvalue weighted by atomic mass is 10.2.